The minimum Gasteiger partial charge on any atom is -0.469 e. The highest BCUT2D eigenvalue weighted by molar-refractivity contribution is 5.69. The van der Waals surface area contributed by atoms with Gasteiger partial charge in [-0.3, -0.25) is 4.79 Å². The van der Waals surface area contributed by atoms with Crippen LogP contribution in [0.15, 0.2) is 16.5 Å². The number of methoxy groups -OCH3 is 1. The van der Waals surface area contributed by atoms with Crippen molar-refractivity contribution in [1.82, 2.24) is 5.32 Å². The second-order valence-electron chi connectivity index (χ2n) is 3.03. The lowest BCUT2D eigenvalue weighted by molar-refractivity contribution is -0.140. The van der Waals surface area contributed by atoms with E-state index in [9.17, 15) is 4.79 Å². The molecule has 0 aromatic carbocycles. The zero-order chi connectivity index (χ0) is 11.1. The van der Waals surface area contributed by atoms with Crippen molar-refractivity contribution < 1.29 is 19.1 Å². The molecule has 0 fully saturated rings. The van der Waals surface area contributed by atoms with Crippen LogP contribution in [0.4, 0.5) is 0 Å². The zero-order valence-corrected chi connectivity index (χ0v) is 8.66. The SMILES string of the molecule is COC(=O)CCNCc1ccc(CO)o1. The predicted octanol–water partition coefficient (Wildman–Crippen LogP) is 0.425. The summed E-state index contributed by atoms with van der Waals surface area (Å²) in [6.45, 7) is 0.987. The molecule has 0 bridgehead atoms. The Morgan fingerprint density at radius 3 is 2.87 bits per heavy atom. The van der Waals surface area contributed by atoms with Gasteiger partial charge in [-0.2, -0.15) is 0 Å². The van der Waals surface area contributed by atoms with Gasteiger partial charge in [0.2, 0.25) is 0 Å². The first kappa shape index (κ1) is 11.7. The largest absolute Gasteiger partial charge is 0.469 e. The highest BCUT2D eigenvalue weighted by Gasteiger charge is 2.02. The van der Waals surface area contributed by atoms with E-state index < -0.39 is 0 Å². The highest BCUT2D eigenvalue weighted by Crippen LogP contribution is 2.06. The third-order valence-corrected chi connectivity index (χ3v) is 1.91. The first-order valence-electron chi connectivity index (χ1n) is 4.72. The van der Waals surface area contributed by atoms with Crippen molar-refractivity contribution in [3.63, 3.8) is 0 Å². The van der Waals surface area contributed by atoms with E-state index in [1.807, 2.05) is 0 Å². The maximum atomic E-state index is 10.8. The normalized spacial score (nSPS) is 10.3. The molecule has 84 valence electrons. The van der Waals surface area contributed by atoms with E-state index in [0.29, 0.717) is 25.3 Å². The molecular weight excluding hydrogens is 198 g/mol. The van der Waals surface area contributed by atoms with E-state index in [1.165, 1.54) is 7.11 Å². The van der Waals surface area contributed by atoms with E-state index in [-0.39, 0.29) is 12.6 Å². The summed E-state index contributed by atoms with van der Waals surface area (Å²) in [4.78, 5) is 10.8. The number of ether oxygens (including phenoxy) is 1. The minimum atomic E-state index is -0.238. The second-order valence-corrected chi connectivity index (χ2v) is 3.03. The Morgan fingerprint density at radius 2 is 2.27 bits per heavy atom. The molecule has 0 aliphatic rings. The Hall–Kier alpha value is -1.33. The summed E-state index contributed by atoms with van der Waals surface area (Å²) in [5, 5.41) is 11.8. The summed E-state index contributed by atoms with van der Waals surface area (Å²) in [6, 6.07) is 3.51. The standard InChI is InChI=1S/C10H15NO4/c1-14-10(13)4-5-11-6-8-2-3-9(7-12)15-8/h2-3,11-12H,4-7H2,1H3. The van der Waals surface area contributed by atoms with Gasteiger partial charge in [0.15, 0.2) is 0 Å². The quantitative estimate of drug-likeness (QED) is 0.529. The predicted molar refractivity (Wildman–Crippen MR) is 53.0 cm³/mol. The first-order chi connectivity index (χ1) is 7.26. The zero-order valence-electron chi connectivity index (χ0n) is 8.66. The van der Waals surface area contributed by atoms with Crippen LogP contribution < -0.4 is 5.32 Å². The van der Waals surface area contributed by atoms with Crippen LogP contribution in [0, 0.1) is 0 Å². The molecule has 1 aromatic heterocycles. The van der Waals surface area contributed by atoms with Gasteiger partial charge in [-0.15, -0.1) is 0 Å². The van der Waals surface area contributed by atoms with Gasteiger partial charge in [-0.05, 0) is 12.1 Å². The number of nitrogens with one attached hydrogen (secondary N) is 1. The molecule has 0 atom stereocenters. The van der Waals surface area contributed by atoms with Crippen LogP contribution in [-0.4, -0.2) is 24.7 Å². The molecule has 0 aliphatic carbocycles. The molecule has 5 nitrogen and oxygen atoms in total. The maximum absolute atomic E-state index is 10.8. The third kappa shape index (κ3) is 4.14. The number of rotatable bonds is 6. The molecule has 1 rings (SSSR count). The van der Waals surface area contributed by atoms with Crippen molar-refractivity contribution in [3.05, 3.63) is 23.7 Å². The lowest BCUT2D eigenvalue weighted by Gasteiger charge is -2.01. The van der Waals surface area contributed by atoms with Crippen molar-refractivity contribution >= 4 is 5.97 Å². The number of furan rings is 1. The van der Waals surface area contributed by atoms with Crippen LogP contribution in [-0.2, 0) is 22.7 Å². The van der Waals surface area contributed by atoms with Gasteiger partial charge in [0.1, 0.15) is 18.1 Å². The molecule has 1 heterocycles. The second kappa shape index (κ2) is 6.21. The van der Waals surface area contributed by atoms with Gasteiger partial charge in [-0.25, -0.2) is 0 Å². The molecule has 0 unspecified atom stereocenters. The summed E-state index contributed by atoms with van der Waals surface area (Å²) in [6.07, 6.45) is 0.337. The number of esters is 1. The Labute approximate surface area is 88.0 Å². The van der Waals surface area contributed by atoms with Crippen molar-refractivity contribution in [2.24, 2.45) is 0 Å². The highest BCUT2D eigenvalue weighted by atomic mass is 16.5. The molecule has 5 heteroatoms. The number of hydrogen-bond acceptors (Lipinski definition) is 5. The summed E-state index contributed by atoms with van der Waals surface area (Å²) < 4.78 is 9.73. The number of aliphatic hydroxyl groups is 1. The summed E-state index contributed by atoms with van der Waals surface area (Å²) >= 11 is 0. The summed E-state index contributed by atoms with van der Waals surface area (Å²) in [5.74, 6) is 1.04. The fourth-order valence-corrected chi connectivity index (χ4v) is 1.11. The average molecular weight is 213 g/mol. The van der Waals surface area contributed by atoms with Crippen molar-refractivity contribution in [2.45, 2.75) is 19.6 Å². The van der Waals surface area contributed by atoms with E-state index in [0.717, 1.165) is 5.76 Å². The number of carbonyl (C=O) groups excluding carboxylic acids is 1. The van der Waals surface area contributed by atoms with Crippen LogP contribution in [0.3, 0.4) is 0 Å². The van der Waals surface area contributed by atoms with Crippen LogP contribution in [0.2, 0.25) is 0 Å². The molecule has 15 heavy (non-hydrogen) atoms. The third-order valence-electron chi connectivity index (χ3n) is 1.91. The van der Waals surface area contributed by atoms with Gasteiger partial charge < -0.3 is 19.6 Å². The molecule has 2 N–H and O–H groups in total. The summed E-state index contributed by atoms with van der Waals surface area (Å²) in [7, 11) is 1.36. The van der Waals surface area contributed by atoms with Gasteiger partial charge >= 0.3 is 5.97 Å². The number of aliphatic hydroxyl groups excluding tert-OH is 1. The van der Waals surface area contributed by atoms with Crippen molar-refractivity contribution in [3.8, 4) is 0 Å². The number of hydrogen-bond donors (Lipinski definition) is 2. The maximum Gasteiger partial charge on any atom is 0.306 e. The average Bonchev–Trinajstić information content (AvgIpc) is 2.72. The van der Waals surface area contributed by atoms with Crippen LogP contribution in [0.5, 0.6) is 0 Å². The topological polar surface area (TPSA) is 71.7 Å². The molecule has 0 amide bonds. The molecular formula is C10H15NO4. The Balaban J connectivity index is 2.17. The van der Waals surface area contributed by atoms with Gasteiger partial charge in [0, 0.05) is 6.54 Å². The first-order valence-corrected chi connectivity index (χ1v) is 4.72. The Morgan fingerprint density at radius 1 is 1.53 bits per heavy atom. The van der Waals surface area contributed by atoms with E-state index in [4.69, 9.17) is 9.52 Å². The Kier molecular flexibility index (Phi) is 4.86. The fourth-order valence-electron chi connectivity index (χ4n) is 1.11. The van der Waals surface area contributed by atoms with Gasteiger partial charge in [0.05, 0.1) is 20.1 Å². The molecule has 0 radical (unpaired) electrons. The molecule has 0 aliphatic heterocycles. The fraction of sp³-hybridized carbons (Fsp3) is 0.500. The molecule has 1 aromatic rings. The van der Waals surface area contributed by atoms with Crippen LogP contribution in [0.25, 0.3) is 0 Å². The minimum absolute atomic E-state index is 0.0951. The molecule has 0 saturated heterocycles. The lowest BCUT2D eigenvalue weighted by atomic mass is 10.4. The van der Waals surface area contributed by atoms with Crippen molar-refractivity contribution in [1.29, 1.82) is 0 Å². The van der Waals surface area contributed by atoms with Crippen LogP contribution >= 0.6 is 0 Å². The number of carbonyl (C=O) groups is 1. The molecule has 0 spiro atoms. The Bertz CT molecular complexity index is 308. The molecule has 0 saturated carbocycles. The van der Waals surface area contributed by atoms with Crippen LogP contribution in [0.1, 0.15) is 17.9 Å². The van der Waals surface area contributed by atoms with E-state index in [1.54, 1.807) is 12.1 Å². The smallest absolute Gasteiger partial charge is 0.306 e. The van der Waals surface area contributed by atoms with E-state index in [2.05, 4.69) is 10.1 Å². The van der Waals surface area contributed by atoms with Gasteiger partial charge in [-0.1, -0.05) is 0 Å². The van der Waals surface area contributed by atoms with Gasteiger partial charge in [0.25, 0.3) is 0 Å². The van der Waals surface area contributed by atoms with E-state index >= 15 is 0 Å². The summed E-state index contributed by atoms with van der Waals surface area (Å²) in [5.41, 5.74) is 0. The van der Waals surface area contributed by atoms with Crippen molar-refractivity contribution in [2.75, 3.05) is 13.7 Å². The monoisotopic (exact) mass is 213 g/mol. The lowest BCUT2D eigenvalue weighted by Crippen LogP contribution is -2.18.